The maximum atomic E-state index is 9.61. The number of para-hydroxylation sites is 2. The van der Waals surface area contributed by atoms with Gasteiger partial charge in [0, 0.05) is 11.1 Å². The Balaban J connectivity index is 1.43. The Bertz CT molecular complexity index is 2210. The minimum Gasteiger partial charge on any atom is -0.457 e. The van der Waals surface area contributed by atoms with Gasteiger partial charge in [0.2, 0.25) is 0 Å². The zero-order valence-electron chi connectivity index (χ0n) is 24.7. The molecule has 6 heteroatoms. The highest BCUT2D eigenvalue weighted by Gasteiger charge is 2.48. The van der Waals surface area contributed by atoms with E-state index < -0.39 is 8.07 Å². The Morgan fingerprint density at radius 3 is 1.74 bits per heavy atom. The fraction of sp³-hybridized carbons (Fsp3) is 0. The molecule has 1 aliphatic heterocycles. The normalized spacial score (nSPS) is 12.7. The van der Waals surface area contributed by atoms with Crippen LogP contribution in [-0.2, 0) is 0 Å². The summed E-state index contributed by atoms with van der Waals surface area (Å²) in [5.41, 5.74) is 2.94. The molecular weight excluding hydrogens is 581 g/mol. The van der Waals surface area contributed by atoms with Crippen molar-refractivity contribution < 1.29 is 4.74 Å². The molecular formula is C40H26N4OSi. The first kappa shape index (κ1) is 27.4. The second kappa shape index (κ2) is 11.4. The van der Waals surface area contributed by atoms with Gasteiger partial charge in [0.15, 0.2) is 25.5 Å². The van der Waals surface area contributed by atoms with Gasteiger partial charge in [-0.25, -0.2) is 15.0 Å². The van der Waals surface area contributed by atoms with Gasteiger partial charge in [-0.3, -0.25) is 0 Å². The number of nitriles is 1. The van der Waals surface area contributed by atoms with Crippen molar-refractivity contribution in [1.29, 1.82) is 5.26 Å². The second-order valence-electron chi connectivity index (χ2n) is 11.1. The summed E-state index contributed by atoms with van der Waals surface area (Å²) in [6.07, 6.45) is 0. The van der Waals surface area contributed by atoms with Crippen LogP contribution in [0.25, 0.3) is 34.2 Å². The molecule has 0 spiro atoms. The molecule has 0 amide bonds. The average Bonchev–Trinajstić information content (AvgIpc) is 3.14. The van der Waals surface area contributed by atoms with Gasteiger partial charge >= 0.3 is 0 Å². The molecule has 0 atom stereocenters. The summed E-state index contributed by atoms with van der Waals surface area (Å²) < 4.78 is 6.88. The molecule has 7 aromatic rings. The summed E-state index contributed by atoms with van der Waals surface area (Å²) in [6.45, 7) is 0. The molecule has 216 valence electrons. The molecule has 0 aliphatic carbocycles. The van der Waals surface area contributed by atoms with E-state index >= 15 is 0 Å². The third-order valence-corrected chi connectivity index (χ3v) is 13.3. The predicted molar refractivity (Wildman–Crippen MR) is 185 cm³/mol. The number of nitrogens with zero attached hydrogens (tertiary/aromatic N) is 4. The highest BCUT2D eigenvalue weighted by Crippen LogP contribution is 2.37. The summed E-state index contributed by atoms with van der Waals surface area (Å²) in [7, 11) is -2.84. The molecule has 0 saturated carbocycles. The zero-order valence-corrected chi connectivity index (χ0v) is 25.7. The van der Waals surface area contributed by atoms with E-state index in [2.05, 4.69) is 97.1 Å². The van der Waals surface area contributed by atoms with E-state index in [-0.39, 0.29) is 0 Å². The molecule has 0 unspecified atom stereocenters. The highest BCUT2D eigenvalue weighted by atomic mass is 28.3. The van der Waals surface area contributed by atoms with Gasteiger partial charge in [-0.05, 0) is 45.0 Å². The van der Waals surface area contributed by atoms with Crippen LogP contribution >= 0.6 is 0 Å². The number of hydrogen-bond acceptors (Lipinski definition) is 5. The first-order valence-corrected chi connectivity index (χ1v) is 17.1. The van der Waals surface area contributed by atoms with Gasteiger partial charge in [-0.2, -0.15) is 5.26 Å². The largest absolute Gasteiger partial charge is 0.457 e. The van der Waals surface area contributed by atoms with Crippen molar-refractivity contribution in [1.82, 2.24) is 15.0 Å². The van der Waals surface area contributed by atoms with Crippen molar-refractivity contribution in [3.8, 4) is 51.7 Å². The third kappa shape index (κ3) is 4.50. The molecule has 1 aliphatic rings. The van der Waals surface area contributed by atoms with E-state index in [0.29, 0.717) is 23.0 Å². The Hall–Kier alpha value is -6.16. The quantitative estimate of drug-likeness (QED) is 0.217. The number of fused-ring (bicyclic) bond motifs is 2. The number of benzene rings is 6. The van der Waals surface area contributed by atoms with Crippen LogP contribution in [0.2, 0.25) is 0 Å². The minimum absolute atomic E-state index is 0.490. The van der Waals surface area contributed by atoms with E-state index in [0.717, 1.165) is 33.4 Å². The van der Waals surface area contributed by atoms with Crippen LogP contribution in [0.3, 0.4) is 0 Å². The molecule has 5 nitrogen and oxygen atoms in total. The van der Waals surface area contributed by atoms with E-state index in [9.17, 15) is 5.26 Å². The smallest absolute Gasteiger partial charge is 0.188 e. The van der Waals surface area contributed by atoms with Crippen LogP contribution in [0.5, 0.6) is 11.5 Å². The Morgan fingerprint density at radius 1 is 0.500 bits per heavy atom. The average molecular weight is 607 g/mol. The molecule has 1 aromatic heterocycles. The van der Waals surface area contributed by atoms with Gasteiger partial charge in [0.1, 0.15) is 11.5 Å². The SMILES string of the molecule is N#Cc1cccc(-c2nc(-c3ccccc3)nc(-c3cccc4c3Oc3ccccc3[Si]4(c3ccccc3)c3ccccc3)n2)c1. The third-order valence-electron chi connectivity index (χ3n) is 8.49. The van der Waals surface area contributed by atoms with Gasteiger partial charge in [-0.15, -0.1) is 0 Å². The van der Waals surface area contributed by atoms with Crippen molar-refractivity contribution in [2.75, 3.05) is 0 Å². The summed E-state index contributed by atoms with van der Waals surface area (Å²) in [6, 6.07) is 55.8. The summed E-state index contributed by atoms with van der Waals surface area (Å²) in [5, 5.41) is 14.5. The standard InChI is InChI=1S/C40H26N4OSi/c41-27-28-14-12-17-30(26-28)39-42-38(29-15-4-1-5-16-29)43-40(44-39)33-22-13-25-36-37(33)45-34-23-10-11-24-35(34)46(36,31-18-6-2-7-19-31)32-20-8-3-9-21-32/h1-26H. The lowest BCUT2D eigenvalue weighted by molar-refractivity contribution is 0.488. The second-order valence-corrected chi connectivity index (χ2v) is 14.9. The van der Waals surface area contributed by atoms with Crippen LogP contribution in [0.1, 0.15) is 5.56 Å². The van der Waals surface area contributed by atoms with Gasteiger partial charge in [-0.1, -0.05) is 133 Å². The summed E-state index contributed by atoms with van der Waals surface area (Å²) >= 11 is 0. The van der Waals surface area contributed by atoms with Crippen LogP contribution in [-0.4, -0.2) is 23.0 Å². The van der Waals surface area contributed by atoms with Crippen molar-refractivity contribution in [3.05, 3.63) is 163 Å². The predicted octanol–water partition coefficient (Wildman–Crippen LogP) is 6.23. The van der Waals surface area contributed by atoms with E-state index in [1.54, 1.807) is 6.07 Å². The topological polar surface area (TPSA) is 71.7 Å². The van der Waals surface area contributed by atoms with E-state index in [1.165, 1.54) is 15.6 Å². The fourth-order valence-electron chi connectivity index (χ4n) is 6.47. The van der Waals surface area contributed by atoms with Crippen LogP contribution in [0.15, 0.2) is 158 Å². The number of ether oxygens (including phenoxy) is 1. The van der Waals surface area contributed by atoms with Crippen molar-refractivity contribution in [3.63, 3.8) is 0 Å². The van der Waals surface area contributed by atoms with Crippen LogP contribution < -0.4 is 25.5 Å². The number of rotatable bonds is 5. The maximum Gasteiger partial charge on any atom is 0.188 e. The maximum absolute atomic E-state index is 9.61. The monoisotopic (exact) mass is 606 g/mol. The minimum atomic E-state index is -2.84. The Labute approximate surface area is 268 Å². The molecule has 46 heavy (non-hydrogen) atoms. The van der Waals surface area contributed by atoms with Crippen LogP contribution in [0.4, 0.5) is 0 Å². The Morgan fingerprint density at radius 2 is 1.04 bits per heavy atom. The summed E-state index contributed by atoms with van der Waals surface area (Å²) in [5.74, 6) is 3.13. The van der Waals surface area contributed by atoms with Crippen molar-refractivity contribution in [2.24, 2.45) is 0 Å². The van der Waals surface area contributed by atoms with Crippen LogP contribution in [0, 0.1) is 11.3 Å². The van der Waals surface area contributed by atoms with E-state index in [1.807, 2.05) is 60.7 Å². The zero-order chi connectivity index (χ0) is 30.9. The molecule has 0 bridgehead atoms. The molecule has 0 saturated heterocycles. The van der Waals surface area contributed by atoms with Gasteiger partial charge in [0.05, 0.1) is 17.2 Å². The Kier molecular flexibility index (Phi) is 6.79. The first-order valence-electron chi connectivity index (χ1n) is 15.1. The molecule has 0 fully saturated rings. The lowest BCUT2D eigenvalue weighted by Crippen LogP contribution is -2.76. The van der Waals surface area contributed by atoms with Crippen molar-refractivity contribution >= 4 is 28.8 Å². The molecule has 0 N–H and O–H groups in total. The number of aromatic nitrogens is 3. The molecule has 6 aromatic carbocycles. The molecule has 8 rings (SSSR count). The number of hydrogen-bond donors (Lipinski definition) is 0. The van der Waals surface area contributed by atoms with Crippen molar-refractivity contribution in [2.45, 2.75) is 0 Å². The van der Waals surface area contributed by atoms with Gasteiger partial charge < -0.3 is 4.74 Å². The first-order chi connectivity index (χ1) is 22.8. The fourth-order valence-corrected chi connectivity index (χ4v) is 11.4. The highest BCUT2D eigenvalue weighted by molar-refractivity contribution is 7.20. The lowest BCUT2D eigenvalue weighted by atomic mass is 10.1. The summed E-state index contributed by atoms with van der Waals surface area (Å²) in [4.78, 5) is 15.0. The van der Waals surface area contributed by atoms with E-state index in [4.69, 9.17) is 19.7 Å². The molecule has 0 radical (unpaired) electrons. The molecule has 2 heterocycles. The lowest BCUT2D eigenvalue weighted by Gasteiger charge is -2.40. The van der Waals surface area contributed by atoms with Gasteiger partial charge in [0.25, 0.3) is 0 Å².